The molecular weight excluding hydrogens is 361 g/mol. The summed E-state index contributed by atoms with van der Waals surface area (Å²) in [6.07, 6.45) is 0.726. The van der Waals surface area contributed by atoms with Crippen molar-refractivity contribution >= 4 is 34.2 Å². The van der Waals surface area contributed by atoms with Crippen molar-refractivity contribution in [2.24, 2.45) is 5.41 Å². The van der Waals surface area contributed by atoms with E-state index >= 15 is 0 Å². The van der Waals surface area contributed by atoms with Gasteiger partial charge in [0.2, 0.25) is 5.91 Å². The van der Waals surface area contributed by atoms with Gasteiger partial charge in [-0.25, -0.2) is 0 Å². The van der Waals surface area contributed by atoms with E-state index in [1.165, 1.54) is 5.56 Å². The molecule has 2 aromatic carbocycles. The largest absolute Gasteiger partial charge is 0.326 e. The van der Waals surface area contributed by atoms with Crippen LogP contribution in [-0.4, -0.2) is 5.91 Å². The first-order chi connectivity index (χ1) is 9.47. The molecule has 0 aromatic heterocycles. The number of benzene rings is 2. The normalized spacial score (nSPS) is 11.2. The molecule has 0 heterocycles. The van der Waals surface area contributed by atoms with Crippen molar-refractivity contribution in [3.63, 3.8) is 0 Å². The van der Waals surface area contributed by atoms with Crippen molar-refractivity contribution in [3.05, 3.63) is 63.7 Å². The van der Waals surface area contributed by atoms with E-state index in [1.54, 1.807) is 0 Å². The third-order valence-corrected chi connectivity index (χ3v) is 3.92. The third kappa shape index (κ3) is 4.07. The Morgan fingerprint density at radius 1 is 1.05 bits per heavy atom. The molecule has 2 aromatic rings. The molecule has 0 saturated carbocycles. The molecule has 2 nitrogen and oxygen atoms in total. The molecule has 0 aliphatic rings. The molecule has 0 radical (unpaired) electrons. The maximum atomic E-state index is 12.4. The van der Waals surface area contributed by atoms with Gasteiger partial charge in [-0.3, -0.25) is 4.79 Å². The first-order valence-electron chi connectivity index (χ1n) is 6.58. The number of hydrogen-bond donors (Lipinski definition) is 1. The van der Waals surface area contributed by atoms with Crippen molar-refractivity contribution in [1.82, 2.24) is 0 Å². The van der Waals surface area contributed by atoms with Gasteiger partial charge in [-0.15, -0.1) is 0 Å². The third-order valence-electron chi connectivity index (χ3n) is 3.21. The average Bonchev–Trinajstić information content (AvgIpc) is 2.42. The summed E-state index contributed by atoms with van der Waals surface area (Å²) in [5.41, 5.74) is 1.58. The van der Waals surface area contributed by atoms with E-state index in [-0.39, 0.29) is 5.91 Å². The summed E-state index contributed by atoms with van der Waals surface area (Å²) >= 11 is 2.25. The lowest BCUT2D eigenvalue weighted by Gasteiger charge is -2.23. The summed E-state index contributed by atoms with van der Waals surface area (Å²) < 4.78 is 1.16. The number of carbonyl (C=O) groups excluding carboxylic acids is 1. The molecule has 0 aliphatic heterocycles. The molecule has 104 valence electrons. The fraction of sp³-hybridized carbons (Fsp3) is 0.235. The Morgan fingerprint density at radius 2 is 1.65 bits per heavy atom. The Hall–Kier alpha value is -1.36. The lowest BCUT2D eigenvalue weighted by Crippen LogP contribution is -2.32. The smallest absolute Gasteiger partial charge is 0.230 e. The van der Waals surface area contributed by atoms with Gasteiger partial charge >= 0.3 is 0 Å². The molecule has 1 N–H and O–H groups in total. The van der Waals surface area contributed by atoms with Crippen LogP contribution < -0.4 is 5.32 Å². The number of halogens is 1. The number of nitrogens with one attached hydrogen (secondary N) is 1. The van der Waals surface area contributed by atoms with Crippen molar-refractivity contribution in [2.75, 3.05) is 5.32 Å². The molecule has 3 heteroatoms. The standard InChI is InChI=1S/C17H18INO/c1-17(2,12-13-6-4-3-5-7-13)16(20)19-15-10-8-14(18)9-11-15/h3-11H,12H2,1-2H3,(H,19,20). The number of anilines is 1. The maximum Gasteiger partial charge on any atom is 0.230 e. The summed E-state index contributed by atoms with van der Waals surface area (Å²) in [4.78, 5) is 12.4. The molecule has 0 saturated heterocycles. The fourth-order valence-electron chi connectivity index (χ4n) is 2.02. The minimum atomic E-state index is -0.440. The van der Waals surface area contributed by atoms with E-state index in [1.807, 2.05) is 56.3 Å². The van der Waals surface area contributed by atoms with Crippen LogP contribution in [0.15, 0.2) is 54.6 Å². The zero-order valence-corrected chi connectivity index (χ0v) is 13.8. The molecule has 0 bridgehead atoms. The van der Waals surface area contributed by atoms with Crippen LogP contribution in [0, 0.1) is 8.99 Å². The Kier molecular flexibility index (Phi) is 4.81. The molecule has 2 rings (SSSR count). The number of carbonyl (C=O) groups is 1. The molecule has 1 amide bonds. The Balaban J connectivity index is 2.05. The first-order valence-corrected chi connectivity index (χ1v) is 7.66. The molecular formula is C17H18INO. The molecule has 0 fully saturated rings. The summed E-state index contributed by atoms with van der Waals surface area (Å²) in [6.45, 7) is 3.95. The topological polar surface area (TPSA) is 29.1 Å². The van der Waals surface area contributed by atoms with Gasteiger partial charge in [0.1, 0.15) is 0 Å². The van der Waals surface area contributed by atoms with Gasteiger partial charge in [0.15, 0.2) is 0 Å². The minimum Gasteiger partial charge on any atom is -0.326 e. The lowest BCUT2D eigenvalue weighted by molar-refractivity contribution is -0.123. The zero-order chi connectivity index (χ0) is 14.6. The molecule has 0 atom stereocenters. The van der Waals surface area contributed by atoms with Crippen LogP contribution in [0.2, 0.25) is 0 Å². The van der Waals surface area contributed by atoms with E-state index in [0.717, 1.165) is 15.7 Å². The molecule has 0 unspecified atom stereocenters. The van der Waals surface area contributed by atoms with Gasteiger partial charge in [0.05, 0.1) is 0 Å². The van der Waals surface area contributed by atoms with Crippen LogP contribution in [0.3, 0.4) is 0 Å². The van der Waals surface area contributed by atoms with Gasteiger partial charge in [-0.2, -0.15) is 0 Å². The summed E-state index contributed by atoms with van der Waals surface area (Å²) in [7, 11) is 0. The van der Waals surface area contributed by atoms with Crippen LogP contribution >= 0.6 is 22.6 Å². The van der Waals surface area contributed by atoms with Crippen molar-refractivity contribution in [3.8, 4) is 0 Å². The predicted molar refractivity (Wildman–Crippen MR) is 91.7 cm³/mol. The van der Waals surface area contributed by atoms with Gasteiger partial charge in [-0.1, -0.05) is 44.2 Å². The lowest BCUT2D eigenvalue weighted by atomic mass is 9.85. The molecule has 20 heavy (non-hydrogen) atoms. The highest BCUT2D eigenvalue weighted by molar-refractivity contribution is 14.1. The van der Waals surface area contributed by atoms with E-state index < -0.39 is 5.41 Å². The second-order valence-corrected chi connectivity index (χ2v) is 6.75. The monoisotopic (exact) mass is 379 g/mol. The van der Waals surface area contributed by atoms with Crippen LogP contribution in [0.25, 0.3) is 0 Å². The predicted octanol–water partition coefficient (Wildman–Crippen LogP) is 4.50. The highest BCUT2D eigenvalue weighted by Gasteiger charge is 2.27. The minimum absolute atomic E-state index is 0.0440. The highest BCUT2D eigenvalue weighted by Crippen LogP contribution is 2.24. The number of amides is 1. The number of rotatable bonds is 4. The fourth-order valence-corrected chi connectivity index (χ4v) is 2.38. The van der Waals surface area contributed by atoms with Crippen LogP contribution in [0.4, 0.5) is 5.69 Å². The first kappa shape index (κ1) is 15.0. The quantitative estimate of drug-likeness (QED) is 0.779. The Bertz CT molecular complexity index is 576. The van der Waals surface area contributed by atoms with Gasteiger partial charge in [-0.05, 0) is 58.8 Å². The SMILES string of the molecule is CC(C)(Cc1ccccc1)C(=O)Nc1ccc(I)cc1. The molecule has 0 spiro atoms. The van der Waals surface area contributed by atoms with E-state index in [2.05, 4.69) is 40.0 Å². The zero-order valence-electron chi connectivity index (χ0n) is 11.7. The van der Waals surface area contributed by atoms with Gasteiger partial charge in [0, 0.05) is 14.7 Å². The second-order valence-electron chi connectivity index (χ2n) is 5.51. The highest BCUT2D eigenvalue weighted by atomic mass is 127. The number of hydrogen-bond acceptors (Lipinski definition) is 1. The maximum absolute atomic E-state index is 12.4. The van der Waals surface area contributed by atoms with E-state index in [0.29, 0.717) is 0 Å². The Labute approximate surface area is 133 Å². The summed E-state index contributed by atoms with van der Waals surface area (Å²) in [5.74, 6) is 0.0440. The van der Waals surface area contributed by atoms with Gasteiger partial charge < -0.3 is 5.32 Å². The van der Waals surface area contributed by atoms with Crippen molar-refractivity contribution in [2.45, 2.75) is 20.3 Å². The second kappa shape index (κ2) is 6.39. The van der Waals surface area contributed by atoms with Crippen molar-refractivity contribution < 1.29 is 4.79 Å². The summed E-state index contributed by atoms with van der Waals surface area (Å²) in [5, 5.41) is 2.99. The average molecular weight is 379 g/mol. The summed E-state index contributed by atoms with van der Waals surface area (Å²) in [6, 6.07) is 17.9. The van der Waals surface area contributed by atoms with Crippen LogP contribution in [0.1, 0.15) is 19.4 Å². The van der Waals surface area contributed by atoms with Gasteiger partial charge in [0.25, 0.3) is 0 Å². The van der Waals surface area contributed by atoms with Crippen LogP contribution in [0.5, 0.6) is 0 Å². The van der Waals surface area contributed by atoms with Crippen molar-refractivity contribution in [1.29, 1.82) is 0 Å². The van der Waals surface area contributed by atoms with Crippen LogP contribution in [-0.2, 0) is 11.2 Å². The molecule has 0 aliphatic carbocycles. The van der Waals surface area contributed by atoms with E-state index in [4.69, 9.17) is 0 Å². The Morgan fingerprint density at radius 3 is 2.25 bits per heavy atom. The van der Waals surface area contributed by atoms with E-state index in [9.17, 15) is 4.79 Å².